The standard InChI is InChI=1S/C11H12N2O/c14-11-10(7-5-6-7)12-8-3-1-2-4-9(8)13-11/h1-4,7,10,12H,5-6H2,(H,13,14). The van der Waals surface area contributed by atoms with Gasteiger partial charge >= 0.3 is 0 Å². The predicted octanol–water partition coefficient (Wildman–Crippen LogP) is 1.83. The molecule has 2 N–H and O–H groups in total. The maximum Gasteiger partial charge on any atom is 0.247 e. The molecule has 0 spiro atoms. The monoisotopic (exact) mass is 188 g/mol. The van der Waals surface area contributed by atoms with E-state index in [0.717, 1.165) is 11.4 Å². The van der Waals surface area contributed by atoms with Crippen LogP contribution in [-0.4, -0.2) is 11.9 Å². The van der Waals surface area contributed by atoms with Gasteiger partial charge in [-0.1, -0.05) is 12.1 Å². The molecule has 1 aliphatic carbocycles. The lowest BCUT2D eigenvalue weighted by Crippen LogP contribution is -2.40. The van der Waals surface area contributed by atoms with Crippen molar-refractivity contribution in [2.45, 2.75) is 18.9 Å². The highest BCUT2D eigenvalue weighted by molar-refractivity contribution is 6.03. The SMILES string of the molecule is O=C1Nc2ccccc2NC1C1CC1. The summed E-state index contributed by atoms with van der Waals surface area (Å²) in [4.78, 5) is 11.7. The second-order valence-corrected chi connectivity index (χ2v) is 3.99. The number of amides is 1. The number of carbonyl (C=O) groups excluding carboxylic acids is 1. The van der Waals surface area contributed by atoms with E-state index in [4.69, 9.17) is 0 Å². The van der Waals surface area contributed by atoms with Crippen LogP contribution < -0.4 is 10.6 Å². The molecule has 0 aromatic heterocycles. The smallest absolute Gasteiger partial charge is 0.247 e. The predicted molar refractivity (Wildman–Crippen MR) is 55.2 cm³/mol. The summed E-state index contributed by atoms with van der Waals surface area (Å²) in [5.74, 6) is 0.662. The molecule has 14 heavy (non-hydrogen) atoms. The van der Waals surface area contributed by atoms with E-state index in [2.05, 4.69) is 10.6 Å². The Kier molecular flexibility index (Phi) is 1.54. The van der Waals surface area contributed by atoms with Gasteiger partial charge in [-0.3, -0.25) is 4.79 Å². The van der Waals surface area contributed by atoms with E-state index in [-0.39, 0.29) is 11.9 Å². The zero-order valence-corrected chi connectivity index (χ0v) is 7.79. The third-order valence-electron chi connectivity index (χ3n) is 2.87. The van der Waals surface area contributed by atoms with Crippen LogP contribution in [0, 0.1) is 5.92 Å². The van der Waals surface area contributed by atoms with Crippen molar-refractivity contribution in [2.24, 2.45) is 5.92 Å². The maximum absolute atomic E-state index is 11.7. The Morgan fingerprint density at radius 3 is 2.57 bits per heavy atom. The Bertz CT molecular complexity index is 385. The molecule has 3 nitrogen and oxygen atoms in total. The largest absolute Gasteiger partial charge is 0.372 e. The first-order valence-corrected chi connectivity index (χ1v) is 5.01. The van der Waals surface area contributed by atoms with Crippen molar-refractivity contribution in [1.82, 2.24) is 0 Å². The molecule has 1 aromatic carbocycles. The van der Waals surface area contributed by atoms with Crippen LogP contribution in [0.5, 0.6) is 0 Å². The number of benzene rings is 1. The lowest BCUT2D eigenvalue weighted by molar-refractivity contribution is -0.117. The van der Waals surface area contributed by atoms with Gasteiger partial charge in [0.2, 0.25) is 5.91 Å². The molecule has 1 aliphatic heterocycles. The number of fused-ring (bicyclic) bond motifs is 1. The van der Waals surface area contributed by atoms with E-state index < -0.39 is 0 Å². The number of rotatable bonds is 1. The lowest BCUT2D eigenvalue weighted by Gasteiger charge is -2.26. The highest BCUT2D eigenvalue weighted by atomic mass is 16.2. The third-order valence-corrected chi connectivity index (χ3v) is 2.87. The Morgan fingerprint density at radius 2 is 1.86 bits per heavy atom. The summed E-state index contributed by atoms with van der Waals surface area (Å²) in [6.07, 6.45) is 2.35. The second-order valence-electron chi connectivity index (χ2n) is 3.99. The van der Waals surface area contributed by atoms with E-state index in [9.17, 15) is 4.79 Å². The van der Waals surface area contributed by atoms with Gasteiger partial charge in [-0.05, 0) is 30.9 Å². The number of hydrogen-bond donors (Lipinski definition) is 2. The van der Waals surface area contributed by atoms with Crippen LogP contribution in [-0.2, 0) is 4.79 Å². The molecule has 3 rings (SSSR count). The molecule has 3 heteroatoms. The average Bonchev–Trinajstić information content (AvgIpc) is 3.00. The molecule has 1 aromatic rings. The fourth-order valence-corrected chi connectivity index (χ4v) is 1.92. The Labute approximate surface area is 82.5 Å². The van der Waals surface area contributed by atoms with Gasteiger partial charge in [0.25, 0.3) is 0 Å². The first-order valence-electron chi connectivity index (χ1n) is 5.01. The maximum atomic E-state index is 11.7. The molecule has 1 unspecified atom stereocenters. The zero-order chi connectivity index (χ0) is 9.54. The highest BCUT2D eigenvalue weighted by Crippen LogP contribution is 2.38. The lowest BCUT2D eigenvalue weighted by atomic mass is 10.1. The third kappa shape index (κ3) is 1.16. The van der Waals surface area contributed by atoms with Gasteiger partial charge < -0.3 is 10.6 Å². The topological polar surface area (TPSA) is 41.1 Å². The molecule has 1 heterocycles. The highest BCUT2D eigenvalue weighted by Gasteiger charge is 2.38. The summed E-state index contributed by atoms with van der Waals surface area (Å²) >= 11 is 0. The van der Waals surface area contributed by atoms with Crippen LogP contribution >= 0.6 is 0 Å². The van der Waals surface area contributed by atoms with Crippen molar-refractivity contribution < 1.29 is 4.79 Å². The van der Waals surface area contributed by atoms with E-state index in [1.54, 1.807) is 0 Å². The number of hydrogen-bond acceptors (Lipinski definition) is 2. The van der Waals surface area contributed by atoms with Crippen LogP contribution in [0.4, 0.5) is 11.4 Å². The van der Waals surface area contributed by atoms with Crippen LogP contribution in [0.15, 0.2) is 24.3 Å². The minimum atomic E-state index is -0.00935. The Morgan fingerprint density at radius 1 is 1.14 bits per heavy atom. The van der Waals surface area contributed by atoms with Gasteiger partial charge in [-0.25, -0.2) is 0 Å². The molecule has 0 saturated heterocycles. The van der Waals surface area contributed by atoms with Gasteiger partial charge in [-0.2, -0.15) is 0 Å². The number of carbonyl (C=O) groups is 1. The Hall–Kier alpha value is -1.51. The molecule has 1 fully saturated rings. The minimum Gasteiger partial charge on any atom is -0.372 e. The van der Waals surface area contributed by atoms with Gasteiger partial charge in [0.05, 0.1) is 11.4 Å². The summed E-state index contributed by atoms with van der Waals surface area (Å²) < 4.78 is 0. The van der Waals surface area contributed by atoms with Crippen molar-refractivity contribution in [3.05, 3.63) is 24.3 Å². The first-order chi connectivity index (χ1) is 6.84. The van der Waals surface area contributed by atoms with E-state index >= 15 is 0 Å². The summed E-state index contributed by atoms with van der Waals surface area (Å²) in [7, 11) is 0. The summed E-state index contributed by atoms with van der Waals surface area (Å²) in [5, 5.41) is 6.23. The number of para-hydroxylation sites is 2. The van der Waals surface area contributed by atoms with Crippen LogP contribution in [0.2, 0.25) is 0 Å². The number of nitrogens with one attached hydrogen (secondary N) is 2. The van der Waals surface area contributed by atoms with E-state index in [1.807, 2.05) is 24.3 Å². The minimum absolute atomic E-state index is 0.00935. The van der Waals surface area contributed by atoms with Crippen LogP contribution in [0.25, 0.3) is 0 Å². The van der Waals surface area contributed by atoms with Gasteiger partial charge in [-0.15, -0.1) is 0 Å². The molecule has 1 saturated carbocycles. The van der Waals surface area contributed by atoms with Crippen molar-refractivity contribution >= 4 is 17.3 Å². The average molecular weight is 188 g/mol. The van der Waals surface area contributed by atoms with E-state index in [1.165, 1.54) is 12.8 Å². The molecule has 2 aliphatic rings. The van der Waals surface area contributed by atoms with Crippen LogP contribution in [0.1, 0.15) is 12.8 Å². The fourth-order valence-electron chi connectivity index (χ4n) is 1.92. The second kappa shape index (κ2) is 2.74. The van der Waals surface area contributed by atoms with Gasteiger partial charge in [0, 0.05) is 0 Å². The molecular weight excluding hydrogens is 176 g/mol. The molecule has 72 valence electrons. The normalized spacial score (nSPS) is 24.9. The fraction of sp³-hybridized carbons (Fsp3) is 0.364. The Balaban J connectivity index is 1.94. The van der Waals surface area contributed by atoms with E-state index in [0.29, 0.717) is 5.92 Å². The van der Waals surface area contributed by atoms with Crippen molar-refractivity contribution in [3.8, 4) is 0 Å². The van der Waals surface area contributed by atoms with Crippen molar-refractivity contribution in [3.63, 3.8) is 0 Å². The summed E-state index contributed by atoms with van der Waals surface area (Å²) in [6, 6.07) is 7.82. The molecule has 0 bridgehead atoms. The molecule has 1 atom stereocenters. The van der Waals surface area contributed by atoms with Crippen LogP contribution in [0.3, 0.4) is 0 Å². The first kappa shape index (κ1) is 7.85. The molecular formula is C11H12N2O. The molecule has 1 amide bonds. The van der Waals surface area contributed by atoms with Crippen molar-refractivity contribution in [1.29, 1.82) is 0 Å². The van der Waals surface area contributed by atoms with Gasteiger partial charge in [0.15, 0.2) is 0 Å². The quantitative estimate of drug-likeness (QED) is 0.706. The van der Waals surface area contributed by atoms with Gasteiger partial charge in [0.1, 0.15) is 6.04 Å². The zero-order valence-electron chi connectivity index (χ0n) is 7.79. The molecule has 0 radical (unpaired) electrons. The summed E-state index contributed by atoms with van der Waals surface area (Å²) in [6.45, 7) is 0. The number of anilines is 2. The summed E-state index contributed by atoms with van der Waals surface area (Å²) in [5.41, 5.74) is 1.94. The van der Waals surface area contributed by atoms with Crippen molar-refractivity contribution in [2.75, 3.05) is 10.6 Å².